The van der Waals surface area contributed by atoms with Crippen LogP contribution < -0.4 is 11.1 Å². The largest absolute Gasteiger partial charge is 0.393 e. The number of aliphatic hydroxyl groups excluding tert-OH is 1. The zero-order valence-electron chi connectivity index (χ0n) is 5.71. The summed E-state index contributed by atoms with van der Waals surface area (Å²) in [7, 11) is 0. The predicted molar refractivity (Wildman–Crippen MR) is 36.2 cm³/mol. The topological polar surface area (TPSA) is 75.4 Å². The number of hydrogen-bond donors (Lipinski definition) is 3. The van der Waals surface area contributed by atoms with E-state index in [4.69, 9.17) is 10.8 Å². The molecular weight excluding hydrogens is 132 g/mol. The maximum Gasteiger partial charge on any atom is 0.234 e. The lowest BCUT2D eigenvalue weighted by atomic mass is 10.0. The Hall–Kier alpha value is -0.610. The molecule has 1 amide bonds. The fourth-order valence-corrected chi connectivity index (χ4v) is 1.11. The first-order chi connectivity index (χ1) is 4.70. The summed E-state index contributed by atoms with van der Waals surface area (Å²) in [5.41, 5.74) is 5.02. The van der Waals surface area contributed by atoms with Gasteiger partial charge in [-0.1, -0.05) is 0 Å². The molecule has 0 saturated carbocycles. The lowest BCUT2D eigenvalue weighted by molar-refractivity contribution is -0.121. The van der Waals surface area contributed by atoms with Crippen molar-refractivity contribution >= 4 is 5.91 Å². The highest BCUT2D eigenvalue weighted by Crippen LogP contribution is 2.06. The average Bonchev–Trinajstić information content (AvgIpc) is 1.88. The number of hydrogen-bond acceptors (Lipinski definition) is 3. The molecule has 0 aromatic rings. The van der Waals surface area contributed by atoms with Crippen LogP contribution in [0.1, 0.15) is 12.8 Å². The first-order valence-electron chi connectivity index (χ1n) is 3.41. The van der Waals surface area contributed by atoms with Gasteiger partial charge in [0, 0.05) is 0 Å². The molecule has 1 aliphatic heterocycles. The summed E-state index contributed by atoms with van der Waals surface area (Å²) in [6.07, 6.45) is 0.804. The molecule has 0 spiro atoms. The lowest BCUT2D eigenvalue weighted by Crippen LogP contribution is -2.48. The standard InChI is InChI=1S/C6H12N2O2/c7-6(10)5-3-4(9)1-2-8-5/h4-5,8-9H,1-3H2,(H2,7,10)/t4-,5?/m0/s1. The van der Waals surface area contributed by atoms with Crippen molar-refractivity contribution in [2.75, 3.05) is 6.54 Å². The molecule has 4 heteroatoms. The van der Waals surface area contributed by atoms with Crippen LogP contribution in [0.2, 0.25) is 0 Å². The summed E-state index contributed by atoms with van der Waals surface area (Å²) < 4.78 is 0. The van der Waals surface area contributed by atoms with E-state index in [2.05, 4.69) is 5.32 Å². The highest BCUT2D eigenvalue weighted by molar-refractivity contribution is 5.79. The Balaban J connectivity index is 2.39. The summed E-state index contributed by atoms with van der Waals surface area (Å²) in [4.78, 5) is 10.5. The molecule has 0 radical (unpaired) electrons. The number of primary amides is 1. The van der Waals surface area contributed by atoms with Gasteiger partial charge in [0.1, 0.15) is 0 Å². The van der Waals surface area contributed by atoms with E-state index in [9.17, 15) is 4.79 Å². The second kappa shape index (κ2) is 2.98. The van der Waals surface area contributed by atoms with Crippen LogP contribution in [0, 0.1) is 0 Å². The Morgan fingerprint density at radius 1 is 1.70 bits per heavy atom. The van der Waals surface area contributed by atoms with Gasteiger partial charge in [0.15, 0.2) is 0 Å². The zero-order chi connectivity index (χ0) is 7.56. The van der Waals surface area contributed by atoms with Crippen molar-refractivity contribution in [3.05, 3.63) is 0 Å². The summed E-state index contributed by atoms with van der Waals surface area (Å²) in [5.74, 6) is -0.376. The molecule has 1 heterocycles. The van der Waals surface area contributed by atoms with E-state index < -0.39 is 0 Å². The fourth-order valence-electron chi connectivity index (χ4n) is 1.11. The first kappa shape index (κ1) is 7.50. The zero-order valence-corrected chi connectivity index (χ0v) is 5.71. The number of rotatable bonds is 1. The molecule has 0 aromatic heterocycles. The maximum absolute atomic E-state index is 10.5. The van der Waals surface area contributed by atoms with Gasteiger partial charge in [-0.3, -0.25) is 4.79 Å². The van der Waals surface area contributed by atoms with E-state index in [1.165, 1.54) is 0 Å². The third-order valence-electron chi connectivity index (χ3n) is 1.72. The number of nitrogens with two attached hydrogens (primary N) is 1. The molecule has 0 aliphatic carbocycles. The monoisotopic (exact) mass is 144 g/mol. The number of carbonyl (C=O) groups is 1. The smallest absolute Gasteiger partial charge is 0.234 e. The molecule has 1 saturated heterocycles. The molecule has 0 bridgehead atoms. The van der Waals surface area contributed by atoms with Crippen molar-refractivity contribution in [1.29, 1.82) is 0 Å². The summed E-state index contributed by atoms with van der Waals surface area (Å²) in [6.45, 7) is 0.675. The molecule has 4 nitrogen and oxygen atoms in total. The second-order valence-corrected chi connectivity index (χ2v) is 2.59. The van der Waals surface area contributed by atoms with Gasteiger partial charge in [-0.2, -0.15) is 0 Å². The molecule has 1 aliphatic rings. The van der Waals surface area contributed by atoms with Gasteiger partial charge in [-0.05, 0) is 19.4 Å². The van der Waals surface area contributed by atoms with Gasteiger partial charge < -0.3 is 16.2 Å². The van der Waals surface area contributed by atoms with Crippen LogP contribution >= 0.6 is 0 Å². The normalized spacial score (nSPS) is 33.7. The van der Waals surface area contributed by atoms with E-state index >= 15 is 0 Å². The van der Waals surface area contributed by atoms with E-state index in [0.717, 1.165) is 0 Å². The van der Waals surface area contributed by atoms with Gasteiger partial charge in [-0.25, -0.2) is 0 Å². The average molecular weight is 144 g/mol. The quantitative estimate of drug-likeness (QED) is 0.423. The Bertz CT molecular complexity index is 138. The third-order valence-corrected chi connectivity index (χ3v) is 1.72. The highest BCUT2D eigenvalue weighted by Gasteiger charge is 2.22. The molecule has 1 unspecified atom stereocenters. The van der Waals surface area contributed by atoms with E-state index in [0.29, 0.717) is 19.4 Å². The van der Waals surface area contributed by atoms with E-state index in [1.54, 1.807) is 0 Å². The van der Waals surface area contributed by atoms with Crippen molar-refractivity contribution in [1.82, 2.24) is 5.32 Å². The minimum Gasteiger partial charge on any atom is -0.393 e. The molecular formula is C6H12N2O2. The van der Waals surface area contributed by atoms with Crippen LogP contribution in [-0.4, -0.2) is 29.7 Å². The molecule has 0 aromatic carbocycles. The van der Waals surface area contributed by atoms with Gasteiger partial charge in [0.25, 0.3) is 0 Å². The van der Waals surface area contributed by atoms with Crippen molar-refractivity contribution in [3.8, 4) is 0 Å². The number of piperidine rings is 1. The molecule has 2 atom stereocenters. The Morgan fingerprint density at radius 3 is 2.80 bits per heavy atom. The van der Waals surface area contributed by atoms with Crippen LogP contribution in [-0.2, 0) is 4.79 Å². The van der Waals surface area contributed by atoms with E-state index in [-0.39, 0.29) is 18.1 Å². The minimum absolute atomic E-state index is 0.330. The Kier molecular flexibility index (Phi) is 2.24. The second-order valence-electron chi connectivity index (χ2n) is 2.59. The van der Waals surface area contributed by atoms with E-state index in [1.807, 2.05) is 0 Å². The molecule has 4 N–H and O–H groups in total. The van der Waals surface area contributed by atoms with Gasteiger partial charge >= 0.3 is 0 Å². The lowest BCUT2D eigenvalue weighted by Gasteiger charge is -2.24. The molecule has 10 heavy (non-hydrogen) atoms. The van der Waals surface area contributed by atoms with Crippen LogP contribution in [0.5, 0.6) is 0 Å². The maximum atomic E-state index is 10.5. The molecule has 1 fully saturated rings. The van der Waals surface area contributed by atoms with Crippen molar-refractivity contribution in [2.24, 2.45) is 5.73 Å². The van der Waals surface area contributed by atoms with Crippen molar-refractivity contribution in [3.63, 3.8) is 0 Å². The minimum atomic E-state index is -0.376. The number of aliphatic hydroxyl groups is 1. The third kappa shape index (κ3) is 1.68. The summed E-state index contributed by atoms with van der Waals surface area (Å²) >= 11 is 0. The van der Waals surface area contributed by atoms with Crippen LogP contribution in [0.15, 0.2) is 0 Å². The fraction of sp³-hybridized carbons (Fsp3) is 0.833. The Labute approximate surface area is 59.4 Å². The van der Waals surface area contributed by atoms with Crippen LogP contribution in [0.4, 0.5) is 0 Å². The summed E-state index contributed by atoms with van der Waals surface area (Å²) in [6, 6.07) is -0.330. The predicted octanol–water partition coefficient (Wildman–Crippen LogP) is -1.42. The number of nitrogens with one attached hydrogen (secondary N) is 1. The van der Waals surface area contributed by atoms with Crippen molar-refractivity contribution < 1.29 is 9.90 Å². The first-order valence-corrected chi connectivity index (χ1v) is 3.41. The molecule has 1 rings (SSSR count). The number of amides is 1. The van der Waals surface area contributed by atoms with Crippen LogP contribution in [0.3, 0.4) is 0 Å². The van der Waals surface area contributed by atoms with Crippen molar-refractivity contribution in [2.45, 2.75) is 25.0 Å². The van der Waals surface area contributed by atoms with Crippen LogP contribution in [0.25, 0.3) is 0 Å². The molecule has 58 valence electrons. The SMILES string of the molecule is NC(=O)C1C[C@@H](O)CCN1. The van der Waals surface area contributed by atoms with Gasteiger partial charge in [0.2, 0.25) is 5.91 Å². The van der Waals surface area contributed by atoms with Gasteiger partial charge in [0.05, 0.1) is 12.1 Å². The number of carbonyl (C=O) groups excluding carboxylic acids is 1. The van der Waals surface area contributed by atoms with Gasteiger partial charge in [-0.15, -0.1) is 0 Å². The summed E-state index contributed by atoms with van der Waals surface area (Å²) in [5, 5.41) is 12.0. The Morgan fingerprint density at radius 2 is 2.40 bits per heavy atom. The highest BCUT2D eigenvalue weighted by atomic mass is 16.3.